The van der Waals surface area contributed by atoms with Gasteiger partial charge in [0.15, 0.2) is 12.4 Å². The monoisotopic (exact) mass is 641 g/mol. The molecule has 6 atom stereocenters. The molecule has 3 aliphatic rings. The van der Waals surface area contributed by atoms with Crippen LogP contribution in [0.4, 0.5) is 4.79 Å². The minimum absolute atomic E-state index is 0.0612. The highest BCUT2D eigenvalue weighted by molar-refractivity contribution is 8.00. The van der Waals surface area contributed by atoms with Gasteiger partial charge in [0.25, 0.3) is 5.91 Å². The number of amides is 3. The largest absolute Gasteiger partial charge is 0.497 e. The maximum Gasteiger partial charge on any atom is 0.407 e. The normalized spacial score (nSPS) is 24.9. The average Bonchev–Trinajstić information content (AvgIpc) is 3.71. The molecule has 0 unspecified atom stereocenters. The van der Waals surface area contributed by atoms with Gasteiger partial charge in [0.1, 0.15) is 17.9 Å². The summed E-state index contributed by atoms with van der Waals surface area (Å²) in [5, 5.41) is 17.3. The Hall–Kier alpha value is -3.32. The summed E-state index contributed by atoms with van der Waals surface area (Å²) in [4.78, 5) is 42.2. The van der Waals surface area contributed by atoms with E-state index < -0.39 is 41.0 Å². The number of hydrogen-bond donors (Lipinski definition) is 3. The number of thioether (sulfide) groups is 1. The Morgan fingerprint density at radius 1 is 1.11 bits per heavy atom. The van der Waals surface area contributed by atoms with Crippen LogP contribution in [0.25, 0.3) is 0 Å². The van der Waals surface area contributed by atoms with E-state index in [2.05, 4.69) is 10.6 Å². The molecule has 2 aromatic rings. The Balaban J connectivity index is 1.31. The number of nitrogens with one attached hydrogen (secondary N) is 2. The summed E-state index contributed by atoms with van der Waals surface area (Å²) in [7, 11) is 1.56. The molecule has 0 aromatic heterocycles. The number of rotatable bonds is 10. The molecule has 5 rings (SSSR count). The topological polar surface area (TPSA) is 136 Å². The van der Waals surface area contributed by atoms with Crippen molar-refractivity contribution >= 4 is 29.7 Å². The molecule has 45 heavy (non-hydrogen) atoms. The van der Waals surface area contributed by atoms with Crippen molar-refractivity contribution < 1.29 is 38.4 Å². The van der Waals surface area contributed by atoms with E-state index in [1.807, 2.05) is 45.9 Å². The lowest BCUT2D eigenvalue weighted by Gasteiger charge is -2.33. The number of nitrogens with zero attached hydrogens (tertiary/aromatic N) is 1. The zero-order valence-electron chi connectivity index (χ0n) is 26.4. The van der Waals surface area contributed by atoms with Crippen LogP contribution in [0.2, 0.25) is 0 Å². The minimum atomic E-state index is -1.65. The number of fused-ring (bicyclic) bond motifs is 1. The van der Waals surface area contributed by atoms with Gasteiger partial charge in [-0.05, 0) is 74.9 Å². The molecular weight excluding hydrogens is 598 g/mol. The lowest BCUT2D eigenvalue weighted by atomic mass is 9.97. The maximum atomic E-state index is 14.0. The van der Waals surface area contributed by atoms with Gasteiger partial charge >= 0.3 is 6.09 Å². The van der Waals surface area contributed by atoms with Crippen molar-refractivity contribution in [3.63, 3.8) is 0 Å². The molecule has 3 aliphatic heterocycles. The van der Waals surface area contributed by atoms with E-state index in [1.165, 1.54) is 16.7 Å². The Labute approximate surface area is 268 Å². The van der Waals surface area contributed by atoms with E-state index in [9.17, 15) is 19.5 Å². The molecule has 3 fully saturated rings. The lowest BCUT2D eigenvalue weighted by molar-refractivity contribution is -0.147. The second kappa shape index (κ2) is 14.0. The molecule has 244 valence electrons. The molecule has 2 aromatic carbocycles. The summed E-state index contributed by atoms with van der Waals surface area (Å²) >= 11 is 1.46. The van der Waals surface area contributed by atoms with Gasteiger partial charge in [-0.1, -0.05) is 30.3 Å². The van der Waals surface area contributed by atoms with Gasteiger partial charge in [0.2, 0.25) is 5.91 Å². The van der Waals surface area contributed by atoms with E-state index in [1.54, 1.807) is 31.4 Å². The van der Waals surface area contributed by atoms with Crippen molar-refractivity contribution in [3.05, 3.63) is 64.7 Å². The number of aliphatic hydroxyl groups is 1. The van der Waals surface area contributed by atoms with Crippen molar-refractivity contribution in [1.82, 2.24) is 15.5 Å². The fourth-order valence-corrected chi connectivity index (χ4v) is 7.42. The highest BCUT2D eigenvalue weighted by atomic mass is 32.2. The molecule has 0 saturated carbocycles. The SMILES string of the molecule is COc1ccc(C[C@H](NC(=O)O[C@H]2CO[C@H]3OCC[C@H]32)[C@H](O)C(=O)N2CSC(C)(C)[C@H]2C(=O)NCc2c(C)cccc2C)cc1. The number of alkyl carbamates (subject to hydrolysis) is 1. The number of carbonyl (C=O) groups is 3. The first kappa shape index (κ1) is 33.1. The molecular formula is C33H43N3O8S. The summed E-state index contributed by atoms with van der Waals surface area (Å²) < 4.78 is 21.5. The highest BCUT2D eigenvalue weighted by Crippen LogP contribution is 2.40. The summed E-state index contributed by atoms with van der Waals surface area (Å²) in [5.74, 6) is -0.143. The fourth-order valence-electron chi connectivity index (χ4n) is 6.28. The number of carbonyl (C=O) groups excluding carboxylic acids is 3. The van der Waals surface area contributed by atoms with Crippen LogP contribution in [0.1, 0.15) is 42.5 Å². The van der Waals surface area contributed by atoms with Crippen LogP contribution in [0.5, 0.6) is 5.75 Å². The van der Waals surface area contributed by atoms with E-state index in [-0.39, 0.29) is 37.0 Å². The lowest BCUT2D eigenvalue weighted by Crippen LogP contribution is -2.58. The van der Waals surface area contributed by atoms with Gasteiger partial charge in [0, 0.05) is 11.3 Å². The van der Waals surface area contributed by atoms with Crippen molar-refractivity contribution in [1.29, 1.82) is 0 Å². The average molecular weight is 642 g/mol. The van der Waals surface area contributed by atoms with Crippen LogP contribution in [0.3, 0.4) is 0 Å². The molecule has 0 spiro atoms. The quantitative estimate of drug-likeness (QED) is 0.358. The molecule has 3 amide bonds. The number of ether oxygens (including phenoxy) is 4. The number of methoxy groups -OCH3 is 1. The van der Waals surface area contributed by atoms with Gasteiger partial charge in [-0.25, -0.2) is 4.79 Å². The van der Waals surface area contributed by atoms with Crippen molar-refractivity contribution in [2.75, 3.05) is 26.2 Å². The van der Waals surface area contributed by atoms with Gasteiger partial charge in [-0.2, -0.15) is 0 Å². The number of aryl methyl sites for hydroxylation is 2. The Bertz CT molecular complexity index is 1370. The summed E-state index contributed by atoms with van der Waals surface area (Å²) in [6.45, 7) is 8.89. The van der Waals surface area contributed by atoms with Gasteiger partial charge in [0.05, 0.1) is 38.2 Å². The first-order valence-electron chi connectivity index (χ1n) is 15.3. The van der Waals surface area contributed by atoms with E-state index in [0.717, 1.165) is 22.3 Å². The van der Waals surface area contributed by atoms with Crippen LogP contribution in [0.15, 0.2) is 42.5 Å². The van der Waals surface area contributed by atoms with Crippen LogP contribution < -0.4 is 15.4 Å². The second-order valence-electron chi connectivity index (χ2n) is 12.4. The third-order valence-electron chi connectivity index (χ3n) is 8.96. The first-order chi connectivity index (χ1) is 21.5. The molecule has 0 bridgehead atoms. The summed E-state index contributed by atoms with van der Waals surface area (Å²) in [6.07, 6.45) is -2.44. The Kier molecular flexibility index (Phi) is 10.3. The van der Waals surface area contributed by atoms with Gasteiger partial charge in [-0.15, -0.1) is 11.8 Å². The predicted octanol–water partition coefficient (Wildman–Crippen LogP) is 3.07. The molecule has 0 aliphatic carbocycles. The van der Waals surface area contributed by atoms with Crippen molar-refractivity contribution in [2.24, 2.45) is 5.92 Å². The van der Waals surface area contributed by atoms with Crippen molar-refractivity contribution in [3.8, 4) is 5.75 Å². The standard InChI is InChI=1S/C33H43N3O8S/c1-19-7-6-8-20(2)24(19)16-34-29(38)28-33(3,4)45-18-36(28)30(39)27(37)25(15-21-9-11-22(41-5)12-10-21)35-32(40)44-26-17-43-31-23(26)13-14-42-31/h6-12,23,25-28,31,37H,13-18H2,1-5H3,(H,34,38)(H,35,40)/t23-,25-,26-,27-,28+,31+/m0/s1. The molecule has 3 saturated heterocycles. The van der Waals surface area contributed by atoms with Gasteiger partial charge in [-0.3, -0.25) is 9.59 Å². The minimum Gasteiger partial charge on any atom is -0.497 e. The number of benzene rings is 2. The molecule has 3 N–H and O–H groups in total. The first-order valence-corrected chi connectivity index (χ1v) is 16.3. The van der Waals surface area contributed by atoms with E-state index in [4.69, 9.17) is 18.9 Å². The molecule has 3 heterocycles. The molecule has 11 nitrogen and oxygen atoms in total. The zero-order chi connectivity index (χ0) is 32.3. The number of hydrogen-bond acceptors (Lipinski definition) is 9. The molecule has 0 radical (unpaired) electrons. The third kappa shape index (κ3) is 7.40. The smallest absolute Gasteiger partial charge is 0.407 e. The predicted molar refractivity (Wildman–Crippen MR) is 169 cm³/mol. The van der Waals surface area contributed by atoms with E-state index >= 15 is 0 Å². The Morgan fingerprint density at radius 2 is 1.82 bits per heavy atom. The van der Waals surface area contributed by atoms with Gasteiger partial charge < -0.3 is 39.6 Å². The van der Waals surface area contributed by atoms with Crippen LogP contribution >= 0.6 is 11.8 Å². The summed E-state index contributed by atoms with van der Waals surface area (Å²) in [5.41, 5.74) is 3.93. The Morgan fingerprint density at radius 3 is 2.51 bits per heavy atom. The maximum absolute atomic E-state index is 14.0. The number of aliphatic hydroxyl groups excluding tert-OH is 1. The second-order valence-corrected chi connectivity index (χ2v) is 14.0. The van der Waals surface area contributed by atoms with E-state index in [0.29, 0.717) is 25.3 Å². The summed E-state index contributed by atoms with van der Waals surface area (Å²) in [6, 6.07) is 11.2. The van der Waals surface area contributed by atoms with Crippen LogP contribution in [0, 0.1) is 19.8 Å². The fraction of sp³-hybridized carbons (Fsp3) is 0.545. The van der Waals surface area contributed by atoms with Crippen molar-refractivity contribution in [2.45, 2.75) is 82.4 Å². The van der Waals surface area contributed by atoms with Crippen LogP contribution in [-0.2, 0) is 36.8 Å². The zero-order valence-corrected chi connectivity index (χ0v) is 27.2. The van der Waals surface area contributed by atoms with Crippen LogP contribution in [-0.4, -0.2) is 89.4 Å². The highest BCUT2D eigenvalue weighted by Gasteiger charge is 2.50. The third-order valence-corrected chi connectivity index (χ3v) is 10.3. The molecule has 12 heteroatoms.